The van der Waals surface area contributed by atoms with Gasteiger partial charge in [0.25, 0.3) is 0 Å². The third-order valence-corrected chi connectivity index (χ3v) is 3.01. The first-order chi connectivity index (χ1) is 6.77. The highest BCUT2D eigenvalue weighted by Crippen LogP contribution is 2.19. The molecule has 1 aromatic carbocycles. The van der Waals surface area contributed by atoms with Gasteiger partial charge in [-0.05, 0) is 42.5 Å². The maximum absolute atomic E-state index is 11.2. The van der Waals surface area contributed by atoms with Gasteiger partial charge in [0.15, 0.2) is 5.78 Å². The molecule has 1 rings (SSSR count). The second kappa shape index (κ2) is 5.66. The number of allylic oxidation sites excluding steroid dienone is 1. The van der Waals surface area contributed by atoms with Crippen LogP contribution in [0.25, 0.3) is 0 Å². The molecule has 0 fully saturated rings. The first-order valence-electron chi connectivity index (χ1n) is 4.67. The van der Waals surface area contributed by atoms with Crippen LogP contribution in [-0.4, -0.2) is 11.5 Å². The van der Waals surface area contributed by atoms with Crippen molar-refractivity contribution >= 4 is 17.5 Å². The van der Waals surface area contributed by atoms with Crippen molar-refractivity contribution in [3.05, 3.63) is 42.5 Å². The standard InChI is InChI=1S/C12H14OS/c1-3-9-14-11-7-5-10(6-8-11)12(13)4-2/h4-8H,2-3,9H2,1H3. The van der Waals surface area contributed by atoms with Crippen molar-refractivity contribution in [3.63, 3.8) is 0 Å². The SMILES string of the molecule is C=CC(=O)c1ccc(SCCC)cc1. The lowest BCUT2D eigenvalue weighted by Crippen LogP contribution is -1.92. The lowest BCUT2D eigenvalue weighted by Gasteiger charge is -2.00. The van der Waals surface area contributed by atoms with E-state index in [0.29, 0.717) is 5.56 Å². The zero-order chi connectivity index (χ0) is 10.4. The van der Waals surface area contributed by atoms with Gasteiger partial charge >= 0.3 is 0 Å². The lowest BCUT2D eigenvalue weighted by atomic mass is 10.1. The van der Waals surface area contributed by atoms with Crippen molar-refractivity contribution in [2.75, 3.05) is 5.75 Å². The molecule has 0 bridgehead atoms. The zero-order valence-corrected chi connectivity index (χ0v) is 9.14. The van der Waals surface area contributed by atoms with Crippen LogP contribution in [0.2, 0.25) is 0 Å². The Labute approximate surface area is 89.2 Å². The molecule has 0 unspecified atom stereocenters. The lowest BCUT2D eigenvalue weighted by molar-refractivity contribution is 0.104. The number of carbonyl (C=O) groups is 1. The first-order valence-corrected chi connectivity index (χ1v) is 5.66. The van der Waals surface area contributed by atoms with Crippen molar-refractivity contribution in [2.45, 2.75) is 18.2 Å². The molecule has 74 valence electrons. The number of hydrogen-bond acceptors (Lipinski definition) is 2. The van der Waals surface area contributed by atoms with Gasteiger partial charge in [-0.25, -0.2) is 0 Å². The van der Waals surface area contributed by atoms with Crippen molar-refractivity contribution in [1.82, 2.24) is 0 Å². The van der Waals surface area contributed by atoms with Gasteiger partial charge in [0.05, 0.1) is 0 Å². The Morgan fingerprint density at radius 2 is 2.07 bits per heavy atom. The fourth-order valence-electron chi connectivity index (χ4n) is 1.05. The summed E-state index contributed by atoms with van der Waals surface area (Å²) in [4.78, 5) is 12.4. The normalized spacial score (nSPS) is 9.79. The maximum atomic E-state index is 11.2. The van der Waals surface area contributed by atoms with E-state index in [0.717, 1.165) is 12.2 Å². The quantitative estimate of drug-likeness (QED) is 0.416. The van der Waals surface area contributed by atoms with E-state index in [-0.39, 0.29) is 5.78 Å². The molecule has 0 saturated heterocycles. The highest BCUT2D eigenvalue weighted by Gasteiger charge is 2.00. The smallest absolute Gasteiger partial charge is 0.185 e. The minimum absolute atomic E-state index is 0.0166. The summed E-state index contributed by atoms with van der Waals surface area (Å²) in [6, 6.07) is 7.66. The van der Waals surface area contributed by atoms with E-state index >= 15 is 0 Å². The molecule has 1 nitrogen and oxygen atoms in total. The molecule has 0 radical (unpaired) electrons. The molecule has 0 atom stereocenters. The van der Waals surface area contributed by atoms with Gasteiger partial charge < -0.3 is 0 Å². The average molecular weight is 206 g/mol. The molecule has 0 aliphatic carbocycles. The van der Waals surface area contributed by atoms with E-state index in [1.165, 1.54) is 11.0 Å². The van der Waals surface area contributed by atoms with Crippen LogP contribution in [-0.2, 0) is 0 Å². The number of benzene rings is 1. The van der Waals surface area contributed by atoms with Crippen molar-refractivity contribution < 1.29 is 4.79 Å². The zero-order valence-electron chi connectivity index (χ0n) is 8.32. The Bertz CT molecular complexity index is 314. The fraction of sp³-hybridized carbons (Fsp3) is 0.250. The van der Waals surface area contributed by atoms with Gasteiger partial charge in [0, 0.05) is 10.5 Å². The molecule has 0 spiro atoms. The Morgan fingerprint density at radius 3 is 2.57 bits per heavy atom. The Kier molecular flexibility index (Phi) is 4.47. The molecule has 0 aliphatic heterocycles. The summed E-state index contributed by atoms with van der Waals surface area (Å²) in [6.45, 7) is 5.61. The summed E-state index contributed by atoms with van der Waals surface area (Å²) in [7, 11) is 0. The summed E-state index contributed by atoms with van der Waals surface area (Å²) >= 11 is 1.81. The number of rotatable bonds is 5. The van der Waals surface area contributed by atoms with E-state index < -0.39 is 0 Å². The second-order valence-corrected chi connectivity index (χ2v) is 4.11. The van der Waals surface area contributed by atoms with Crippen LogP contribution < -0.4 is 0 Å². The fourth-order valence-corrected chi connectivity index (χ4v) is 1.82. The number of hydrogen-bond donors (Lipinski definition) is 0. The molecule has 2 heteroatoms. The Hall–Kier alpha value is -1.02. The number of ketones is 1. The minimum Gasteiger partial charge on any atom is -0.289 e. The van der Waals surface area contributed by atoms with Crippen LogP contribution in [0.3, 0.4) is 0 Å². The van der Waals surface area contributed by atoms with Gasteiger partial charge in [-0.1, -0.05) is 13.5 Å². The van der Waals surface area contributed by atoms with Gasteiger partial charge in [0.2, 0.25) is 0 Å². The third-order valence-electron chi connectivity index (χ3n) is 1.80. The van der Waals surface area contributed by atoms with E-state index in [1.807, 2.05) is 36.0 Å². The molecule has 0 aliphatic rings. The minimum atomic E-state index is -0.0166. The number of thioether (sulfide) groups is 1. The van der Waals surface area contributed by atoms with Crippen LogP contribution in [0.15, 0.2) is 41.8 Å². The topological polar surface area (TPSA) is 17.1 Å². The van der Waals surface area contributed by atoms with Crippen LogP contribution in [0.4, 0.5) is 0 Å². The number of carbonyl (C=O) groups excluding carboxylic acids is 1. The predicted octanol–water partition coefficient (Wildman–Crippen LogP) is 3.56. The molecular weight excluding hydrogens is 192 g/mol. The van der Waals surface area contributed by atoms with Gasteiger partial charge in [-0.3, -0.25) is 4.79 Å². The van der Waals surface area contributed by atoms with Crippen LogP contribution in [0.5, 0.6) is 0 Å². The third kappa shape index (κ3) is 3.04. The molecule has 0 heterocycles. The van der Waals surface area contributed by atoms with Gasteiger partial charge in [0.1, 0.15) is 0 Å². The van der Waals surface area contributed by atoms with Crippen LogP contribution in [0, 0.1) is 0 Å². The molecule has 0 N–H and O–H groups in total. The van der Waals surface area contributed by atoms with E-state index in [4.69, 9.17) is 0 Å². The highest BCUT2D eigenvalue weighted by molar-refractivity contribution is 7.99. The van der Waals surface area contributed by atoms with E-state index in [2.05, 4.69) is 13.5 Å². The van der Waals surface area contributed by atoms with E-state index in [9.17, 15) is 4.79 Å². The molecule has 1 aromatic rings. The summed E-state index contributed by atoms with van der Waals surface area (Å²) in [5.41, 5.74) is 0.709. The Balaban J connectivity index is 2.68. The van der Waals surface area contributed by atoms with Crippen molar-refractivity contribution in [1.29, 1.82) is 0 Å². The Morgan fingerprint density at radius 1 is 1.43 bits per heavy atom. The maximum Gasteiger partial charge on any atom is 0.185 e. The van der Waals surface area contributed by atoms with Crippen LogP contribution >= 0.6 is 11.8 Å². The molecule has 0 saturated carbocycles. The highest BCUT2D eigenvalue weighted by atomic mass is 32.2. The summed E-state index contributed by atoms with van der Waals surface area (Å²) in [5.74, 6) is 1.10. The van der Waals surface area contributed by atoms with Crippen molar-refractivity contribution in [2.24, 2.45) is 0 Å². The molecular formula is C12H14OS. The second-order valence-electron chi connectivity index (χ2n) is 2.94. The predicted molar refractivity (Wildman–Crippen MR) is 62.0 cm³/mol. The largest absolute Gasteiger partial charge is 0.289 e. The monoisotopic (exact) mass is 206 g/mol. The molecule has 14 heavy (non-hydrogen) atoms. The molecule has 0 amide bonds. The molecule has 0 aromatic heterocycles. The van der Waals surface area contributed by atoms with Gasteiger partial charge in [-0.15, -0.1) is 11.8 Å². The van der Waals surface area contributed by atoms with E-state index in [1.54, 1.807) is 0 Å². The summed E-state index contributed by atoms with van der Waals surface area (Å²) in [6.07, 6.45) is 2.51. The van der Waals surface area contributed by atoms with Crippen molar-refractivity contribution in [3.8, 4) is 0 Å². The summed E-state index contributed by atoms with van der Waals surface area (Å²) in [5, 5.41) is 0. The van der Waals surface area contributed by atoms with Gasteiger partial charge in [-0.2, -0.15) is 0 Å². The van der Waals surface area contributed by atoms with Crippen LogP contribution in [0.1, 0.15) is 23.7 Å². The average Bonchev–Trinajstić information content (AvgIpc) is 2.26. The summed E-state index contributed by atoms with van der Waals surface area (Å²) < 4.78 is 0. The first kappa shape index (κ1) is 11.1.